The SMILES string of the molecule is CC[P+](c1ccccc1)(c1ccccc1)c1ccccc1.[Cl][Zn-]([Cl])[Br]. The van der Waals surface area contributed by atoms with E-state index in [9.17, 15) is 0 Å². The maximum atomic E-state index is 5.17. The molecular weight excluding hydrogens is 487 g/mol. The van der Waals surface area contributed by atoms with Gasteiger partial charge < -0.3 is 0 Å². The number of hydrogen-bond acceptors (Lipinski definition) is 0. The number of benzene rings is 3. The molecule has 0 nitrogen and oxygen atoms in total. The molecule has 0 aliphatic heterocycles. The van der Waals surface area contributed by atoms with Crippen LogP contribution in [0.3, 0.4) is 0 Å². The molecule has 0 saturated carbocycles. The van der Waals surface area contributed by atoms with Gasteiger partial charge >= 0.3 is 45.0 Å². The Balaban J connectivity index is 0.000000511. The molecule has 0 saturated heterocycles. The maximum absolute atomic E-state index is 5.17. The quantitative estimate of drug-likeness (QED) is 0.291. The van der Waals surface area contributed by atoms with Crippen molar-refractivity contribution in [3.05, 3.63) is 91.0 Å². The van der Waals surface area contributed by atoms with Crippen LogP contribution in [0.1, 0.15) is 6.92 Å². The van der Waals surface area contributed by atoms with Crippen molar-refractivity contribution in [2.45, 2.75) is 6.92 Å². The Labute approximate surface area is 171 Å². The third-order valence-electron chi connectivity index (χ3n) is 4.07. The molecule has 0 atom stereocenters. The summed E-state index contributed by atoms with van der Waals surface area (Å²) in [5, 5.41) is 4.39. The molecule has 25 heavy (non-hydrogen) atoms. The predicted octanol–water partition coefficient (Wildman–Crippen LogP) is 6.22. The van der Waals surface area contributed by atoms with E-state index in [1.807, 2.05) is 0 Å². The first-order valence-electron chi connectivity index (χ1n) is 8.23. The first-order valence-corrected chi connectivity index (χ1v) is 24.9. The molecule has 3 aromatic rings. The number of hydrogen-bond donors (Lipinski definition) is 0. The average Bonchev–Trinajstić information content (AvgIpc) is 2.65. The van der Waals surface area contributed by atoms with Crippen molar-refractivity contribution in [2.75, 3.05) is 6.16 Å². The van der Waals surface area contributed by atoms with Gasteiger partial charge in [-0.1, -0.05) is 54.6 Å². The van der Waals surface area contributed by atoms with Gasteiger partial charge in [0.15, 0.2) is 0 Å². The summed E-state index contributed by atoms with van der Waals surface area (Å²) in [6.07, 6.45) is 1.14. The van der Waals surface area contributed by atoms with Gasteiger partial charge in [0.2, 0.25) is 0 Å². The summed E-state index contributed by atoms with van der Waals surface area (Å²) >= 11 is 1.14. The summed E-state index contributed by atoms with van der Waals surface area (Å²) in [6, 6.07) is 33.0. The van der Waals surface area contributed by atoms with Gasteiger partial charge in [-0.2, -0.15) is 0 Å². The van der Waals surface area contributed by atoms with Crippen LogP contribution in [-0.2, 0) is 12.0 Å². The molecule has 0 N–H and O–H groups in total. The Morgan fingerprint density at radius 3 is 1.12 bits per heavy atom. The van der Waals surface area contributed by atoms with E-state index in [1.165, 1.54) is 15.9 Å². The Bertz CT molecular complexity index is 640. The first-order chi connectivity index (χ1) is 12.1. The molecule has 3 rings (SSSR count). The van der Waals surface area contributed by atoms with E-state index in [0.29, 0.717) is 0 Å². The zero-order valence-electron chi connectivity index (χ0n) is 14.2. The van der Waals surface area contributed by atoms with Crippen molar-refractivity contribution in [1.82, 2.24) is 0 Å². The summed E-state index contributed by atoms with van der Waals surface area (Å²) in [5.41, 5.74) is 0. The summed E-state index contributed by atoms with van der Waals surface area (Å²) in [5.74, 6) is 0. The molecule has 0 aliphatic carbocycles. The van der Waals surface area contributed by atoms with Crippen LogP contribution in [0.4, 0.5) is 0 Å². The molecule has 5 heteroatoms. The molecule has 128 valence electrons. The van der Waals surface area contributed by atoms with Gasteiger partial charge in [-0.25, -0.2) is 0 Å². The summed E-state index contributed by atoms with van der Waals surface area (Å²) in [6.45, 7) is 2.32. The predicted molar refractivity (Wildman–Crippen MR) is 116 cm³/mol. The summed E-state index contributed by atoms with van der Waals surface area (Å²) in [4.78, 5) is 0. The monoisotopic (exact) mass is 504 g/mol. The Kier molecular flexibility index (Phi) is 9.11. The van der Waals surface area contributed by atoms with Crippen molar-refractivity contribution in [1.29, 1.82) is 0 Å². The van der Waals surface area contributed by atoms with Crippen LogP contribution < -0.4 is 15.9 Å². The van der Waals surface area contributed by atoms with Crippen LogP contribution in [0.25, 0.3) is 0 Å². The molecule has 0 fully saturated rings. The van der Waals surface area contributed by atoms with Crippen molar-refractivity contribution < 1.29 is 12.0 Å². The third-order valence-corrected chi connectivity index (χ3v) is 8.55. The first kappa shape index (κ1) is 21.1. The fourth-order valence-corrected chi connectivity index (χ4v) is 7.08. The molecule has 0 amide bonds. The van der Waals surface area contributed by atoms with E-state index in [-0.39, 0.29) is 0 Å². The Morgan fingerprint density at radius 1 is 0.680 bits per heavy atom. The van der Waals surface area contributed by atoms with Crippen LogP contribution in [0, 0.1) is 0 Å². The molecule has 0 aromatic heterocycles. The van der Waals surface area contributed by atoms with E-state index in [1.54, 1.807) is 0 Å². The normalized spacial score (nSPS) is 10.6. The van der Waals surface area contributed by atoms with Crippen molar-refractivity contribution in [3.8, 4) is 0 Å². The van der Waals surface area contributed by atoms with Crippen molar-refractivity contribution in [3.63, 3.8) is 0 Å². The van der Waals surface area contributed by atoms with Crippen LogP contribution in [0.15, 0.2) is 91.0 Å². The summed E-state index contributed by atoms with van der Waals surface area (Å²) < 4.78 is 0. The van der Waals surface area contributed by atoms with Crippen molar-refractivity contribution >= 4 is 56.2 Å². The van der Waals surface area contributed by atoms with Crippen molar-refractivity contribution in [2.24, 2.45) is 0 Å². The van der Waals surface area contributed by atoms with E-state index < -0.39 is 19.3 Å². The fourth-order valence-electron chi connectivity index (χ4n) is 3.04. The van der Waals surface area contributed by atoms with Gasteiger partial charge in [0.05, 0.1) is 6.16 Å². The topological polar surface area (TPSA) is 0 Å². The Morgan fingerprint density at radius 2 is 0.920 bits per heavy atom. The van der Waals surface area contributed by atoms with Gasteiger partial charge in [-0.3, -0.25) is 0 Å². The molecule has 3 aromatic carbocycles. The van der Waals surface area contributed by atoms with Crippen LogP contribution in [-0.4, -0.2) is 6.16 Å². The van der Waals surface area contributed by atoms with Gasteiger partial charge in [-0.15, -0.1) is 0 Å². The molecule has 0 heterocycles. The minimum atomic E-state index is -1.87. The molecule has 0 radical (unpaired) electrons. The van der Waals surface area contributed by atoms with E-state index in [4.69, 9.17) is 19.4 Å². The zero-order chi connectivity index (χ0) is 18.1. The standard InChI is InChI=1S/C20H20P.BrH.2ClH.Zn/c1-2-21(18-12-6-3-7-13-18,19-14-8-4-9-15-19)20-16-10-5-11-17-20;;;;/h3-17H,2H2,1H3;3*1H;/q+1;;;;+2/p-3. The molecule has 0 unspecified atom stereocenters. The van der Waals surface area contributed by atoms with Gasteiger partial charge in [0.1, 0.15) is 23.2 Å². The number of rotatable bonds is 4. The third kappa shape index (κ3) is 5.62. The molecule has 0 bridgehead atoms. The zero-order valence-corrected chi connectivity index (χ0v) is 21.1. The van der Waals surface area contributed by atoms with E-state index in [0.717, 1.165) is 6.16 Å². The number of halogens is 3. The molecular formula is C20H20BrCl2PZn. The van der Waals surface area contributed by atoms with E-state index in [2.05, 4.69) is 112 Å². The van der Waals surface area contributed by atoms with Gasteiger partial charge in [0, 0.05) is 0 Å². The van der Waals surface area contributed by atoms with Gasteiger partial charge in [-0.05, 0) is 43.3 Å². The van der Waals surface area contributed by atoms with E-state index >= 15 is 0 Å². The second-order valence-corrected chi connectivity index (χ2v) is 30.0. The molecule has 0 aliphatic rings. The van der Waals surface area contributed by atoms with Crippen LogP contribution in [0.2, 0.25) is 0 Å². The Hall–Kier alpha value is -0.227. The van der Waals surface area contributed by atoms with Crippen LogP contribution in [0.5, 0.6) is 0 Å². The summed E-state index contributed by atoms with van der Waals surface area (Å²) in [7, 11) is 8.80. The molecule has 0 spiro atoms. The minimum absolute atomic E-state index is 1.14. The average molecular weight is 508 g/mol. The fraction of sp³-hybridized carbons (Fsp3) is 0.100. The second-order valence-electron chi connectivity index (χ2n) is 5.44. The second kappa shape index (κ2) is 10.8. The van der Waals surface area contributed by atoms with Crippen LogP contribution >= 0.6 is 40.3 Å². The van der Waals surface area contributed by atoms with Gasteiger partial charge in [0.25, 0.3) is 0 Å².